The van der Waals surface area contributed by atoms with E-state index in [2.05, 4.69) is 62.5 Å². The Bertz CT molecular complexity index is 669. The molecule has 0 spiro atoms. The molecule has 1 saturated heterocycles. The molecule has 0 aromatic heterocycles. The lowest BCUT2D eigenvalue weighted by molar-refractivity contribution is 0.0676. The van der Waals surface area contributed by atoms with Gasteiger partial charge in [0.15, 0.2) is 0 Å². The van der Waals surface area contributed by atoms with Gasteiger partial charge in [0, 0.05) is 25.3 Å². The van der Waals surface area contributed by atoms with Crippen molar-refractivity contribution in [2.24, 2.45) is 5.41 Å². The predicted molar refractivity (Wildman–Crippen MR) is 99.6 cm³/mol. The summed E-state index contributed by atoms with van der Waals surface area (Å²) < 4.78 is 11.8. The SMILES string of the molecule is CC(C)(C)CNCc1c(OCC2CCCO2)ccc2ccccc12. The molecule has 3 heteroatoms. The molecular formula is C21H29NO2. The Hall–Kier alpha value is -1.58. The van der Waals surface area contributed by atoms with E-state index in [-0.39, 0.29) is 11.5 Å². The molecular weight excluding hydrogens is 298 g/mol. The molecule has 1 aliphatic rings. The fourth-order valence-electron chi connectivity index (χ4n) is 3.15. The van der Waals surface area contributed by atoms with Crippen LogP contribution in [0.5, 0.6) is 5.75 Å². The predicted octanol–water partition coefficient (Wildman–Crippen LogP) is 4.53. The van der Waals surface area contributed by atoms with Crippen molar-refractivity contribution in [3.05, 3.63) is 42.0 Å². The normalized spacial score (nSPS) is 18.2. The maximum atomic E-state index is 6.15. The Morgan fingerprint density at radius 3 is 2.75 bits per heavy atom. The summed E-state index contributed by atoms with van der Waals surface area (Å²) in [6, 6.07) is 12.8. The topological polar surface area (TPSA) is 30.5 Å². The number of nitrogens with one attached hydrogen (secondary N) is 1. The van der Waals surface area contributed by atoms with Gasteiger partial charge < -0.3 is 14.8 Å². The molecule has 1 unspecified atom stereocenters. The smallest absolute Gasteiger partial charge is 0.124 e. The highest BCUT2D eigenvalue weighted by molar-refractivity contribution is 5.87. The summed E-state index contributed by atoms with van der Waals surface area (Å²) in [7, 11) is 0. The number of benzene rings is 2. The van der Waals surface area contributed by atoms with Gasteiger partial charge in [0.1, 0.15) is 12.4 Å². The molecule has 0 aliphatic carbocycles. The fraction of sp³-hybridized carbons (Fsp3) is 0.524. The number of ether oxygens (including phenoxy) is 2. The zero-order chi connectivity index (χ0) is 17.0. The second-order valence-electron chi connectivity index (χ2n) is 7.87. The van der Waals surface area contributed by atoms with Crippen molar-refractivity contribution in [3.8, 4) is 5.75 Å². The third-order valence-electron chi connectivity index (χ3n) is 4.40. The van der Waals surface area contributed by atoms with E-state index in [0.29, 0.717) is 6.61 Å². The second-order valence-corrected chi connectivity index (χ2v) is 7.87. The van der Waals surface area contributed by atoms with Crippen molar-refractivity contribution in [2.45, 2.75) is 46.3 Å². The third kappa shape index (κ3) is 4.49. The van der Waals surface area contributed by atoms with Crippen LogP contribution in [-0.4, -0.2) is 25.9 Å². The minimum absolute atomic E-state index is 0.242. The largest absolute Gasteiger partial charge is 0.491 e. The van der Waals surface area contributed by atoms with E-state index in [1.54, 1.807) is 0 Å². The first-order chi connectivity index (χ1) is 11.5. The van der Waals surface area contributed by atoms with E-state index in [1.165, 1.54) is 16.3 Å². The summed E-state index contributed by atoms with van der Waals surface area (Å²) in [4.78, 5) is 0. The zero-order valence-electron chi connectivity index (χ0n) is 15.1. The van der Waals surface area contributed by atoms with Gasteiger partial charge in [-0.2, -0.15) is 0 Å². The van der Waals surface area contributed by atoms with Gasteiger partial charge in [0.05, 0.1) is 6.10 Å². The Balaban J connectivity index is 1.79. The first-order valence-electron chi connectivity index (χ1n) is 8.99. The van der Waals surface area contributed by atoms with Crippen LogP contribution < -0.4 is 10.1 Å². The number of fused-ring (bicyclic) bond motifs is 1. The van der Waals surface area contributed by atoms with Crippen LogP contribution in [0.25, 0.3) is 10.8 Å². The van der Waals surface area contributed by atoms with Crippen molar-refractivity contribution in [1.29, 1.82) is 0 Å². The molecule has 130 valence electrons. The zero-order valence-corrected chi connectivity index (χ0v) is 15.1. The molecule has 1 fully saturated rings. The minimum Gasteiger partial charge on any atom is -0.491 e. The monoisotopic (exact) mass is 327 g/mol. The molecule has 3 nitrogen and oxygen atoms in total. The van der Waals surface area contributed by atoms with Crippen molar-refractivity contribution < 1.29 is 9.47 Å². The molecule has 3 rings (SSSR count). The van der Waals surface area contributed by atoms with Gasteiger partial charge in [-0.1, -0.05) is 51.1 Å². The molecule has 1 N–H and O–H groups in total. The highest BCUT2D eigenvalue weighted by Crippen LogP contribution is 2.29. The third-order valence-corrected chi connectivity index (χ3v) is 4.40. The molecule has 24 heavy (non-hydrogen) atoms. The highest BCUT2D eigenvalue weighted by atomic mass is 16.5. The average molecular weight is 327 g/mol. The molecule has 1 heterocycles. The molecule has 2 aromatic carbocycles. The quantitative estimate of drug-likeness (QED) is 0.845. The Morgan fingerprint density at radius 1 is 1.17 bits per heavy atom. The Kier molecular flexibility index (Phi) is 5.42. The molecule has 0 bridgehead atoms. The van der Waals surface area contributed by atoms with Gasteiger partial charge in [-0.3, -0.25) is 0 Å². The summed E-state index contributed by atoms with van der Waals surface area (Å²) in [6.07, 6.45) is 2.49. The van der Waals surface area contributed by atoms with Crippen molar-refractivity contribution in [2.75, 3.05) is 19.8 Å². The van der Waals surface area contributed by atoms with E-state index in [0.717, 1.165) is 38.3 Å². The van der Waals surface area contributed by atoms with Crippen molar-refractivity contribution in [3.63, 3.8) is 0 Å². The summed E-state index contributed by atoms with van der Waals surface area (Å²) in [5, 5.41) is 6.12. The molecule has 1 aliphatic heterocycles. The highest BCUT2D eigenvalue weighted by Gasteiger charge is 2.18. The molecule has 0 amide bonds. The van der Waals surface area contributed by atoms with E-state index < -0.39 is 0 Å². The minimum atomic E-state index is 0.242. The lowest BCUT2D eigenvalue weighted by Gasteiger charge is -2.21. The summed E-state index contributed by atoms with van der Waals surface area (Å²) in [5.74, 6) is 0.977. The Labute approximate surface area is 145 Å². The Morgan fingerprint density at radius 2 is 2.00 bits per heavy atom. The van der Waals surface area contributed by atoms with Crippen LogP contribution in [0, 0.1) is 5.41 Å². The fourth-order valence-corrected chi connectivity index (χ4v) is 3.15. The standard InChI is InChI=1S/C21H29NO2/c1-21(2,3)15-22-13-19-18-9-5-4-7-16(18)10-11-20(19)24-14-17-8-6-12-23-17/h4-5,7,9-11,17,22H,6,8,12-15H2,1-3H3. The number of hydrogen-bond acceptors (Lipinski definition) is 3. The van der Waals surface area contributed by atoms with Gasteiger partial charge >= 0.3 is 0 Å². The molecule has 1 atom stereocenters. The maximum absolute atomic E-state index is 6.15. The summed E-state index contributed by atoms with van der Waals surface area (Å²) in [5.41, 5.74) is 1.51. The van der Waals surface area contributed by atoms with Gasteiger partial charge in [0.2, 0.25) is 0 Å². The number of hydrogen-bond donors (Lipinski definition) is 1. The van der Waals surface area contributed by atoms with Crippen LogP contribution in [-0.2, 0) is 11.3 Å². The lowest BCUT2D eigenvalue weighted by atomic mass is 9.96. The average Bonchev–Trinajstić information content (AvgIpc) is 3.06. The van der Waals surface area contributed by atoms with Gasteiger partial charge in [-0.25, -0.2) is 0 Å². The van der Waals surface area contributed by atoms with Crippen LogP contribution in [0.3, 0.4) is 0 Å². The van der Waals surface area contributed by atoms with Crippen molar-refractivity contribution >= 4 is 10.8 Å². The van der Waals surface area contributed by atoms with Crippen molar-refractivity contribution in [1.82, 2.24) is 5.32 Å². The summed E-state index contributed by atoms with van der Waals surface area (Å²) >= 11 is 0. The lowest BCUT2D eigenvalue weighted by Crippen LogP contribution is -2.27. The van der Waals surface area contributed by atoms with Gasteiger partial charge in [0.25, 0.3) is 0 Å². The first kappa shape index (κ1) is 17.2. The second kappa shape index (κ2) is 7.54. The molecule has 0 radical (unpaired) electrons. The number of rotatable bonds is 6. The first-order valence-corrected chi connectivity index (χ1v) is 8.99. The van der Waals surface area contributed by atoms with Crippen LogP contribution in [0.15, 0.2) is 36.4 Å². The van der Waals surface area contributed by atoms with E-state index in [9.17, 15) is 0 Å². The summed E-state index contributed by atoms with van der Waals surface area (Å²) in [6.45, 7) is 10.0. The maximum Gasteiger partial charge on any atom is 0.124 e. The van der Waals surface area contributed by atoms with Crippen LogP contribution in [0.1, 0.15) is 39.2 Å². The van der Waals surface area contributed by atoms with Gasteiger partial charge in [-0.15, -0.1) is 0 Å². The van der Waals surface area contributed by atoms with E-state index >= 15 is 0 Å². The van der Waals surface area contributed by atoms with Crippen LogP contribution in [0.2, 0.25) is 0 Å². The molecule has 2 aromatic rings. The van der Waals surface area contributed by atoms with E-state index in [4.69, 9.17) is 9.47 Å². The van der Waals surface area contributed by atoms with Crippen LogP contribution >= 0.6 is 0 Å². The van der Waals surface area contributed by atoms with Gasteiger partial charge in [-0.05, 0) is 35.1 Å². The molecule has 0 saturated carbocycles. The van der Waals surface area contributed by atoms with E-state index in [1.807, 2.05) is 0 Å². The van der Waals surface area contributed by atoms with Crippen LogP contribution in [0.4, 0.5) is 0 Å².